The van der Waals surface area contributed by atoms with Crippen LogP contribution in [0.15, 0.2) is 18.7 Å². The lowest BCUT2D eigenvalue weighted by molar-refractivity contribution is -0.133. The molecule has 1 aromatic rings. The molecule has 3 heteroatoms. The smallest absolute Gasteiger partial charge is 0.158 e. The van der Waals surface area contributed by atoms with E-state index in [9.17, 15) is 4.79 Å². The average molecular weight is 260 g/mol. The first-order valence-corrected chi connectivity index (χ1v) is 7.54. The Bertz CT molecular complexity index is 433. The number of carbonyl (C=O) groups is 1. The Hall–Kier alpha value is -1.12. The molecule has 19 heavy (non-hydrogen) atoms. The van der Waals surface area contributed by atoms with Crippen LogP contribution in [0.25, 0.3) is 0 Å². The van der Waals surface area contributed by atoms with Crippen molar-refractivity contribution in [3.63, 3.8) is 0 Å². The van der Waals surface area contributed by atoms with Crippen molar-refractivity contribution in [2.45, 2.75) is 52.5 Å². The zero-order valence-corrected chi connectivity index (χ0v) is 12.0. The van der Waals surface area contributed by atoms with Crippen molar-refractivity contribution in [2.24, 2.45) is 23.2 Å². The minimum absolute atomic E-state index is 0.0992. The SMILES string of the molecule is CC1CC2CC(C1)CC(C)(C(=O)Cn1ccnc1)C2. The number of carbonyl (C=O) groups excluding carboxylic acids is 1. The first-order chi connectivity index (χ1) is 9.05. The van der Waals surface area contributed by atoms with Crippen LogP contribution in [-0.4, -0.2) is 15.3 Å². The van der Waals surface area contributed by atoms with E-state index >= 15 is 0 Å². The topological polar surface area (TPSA) is 34.9 Å². The quantitative estimate of drug-likeness (QED) is 0.835. The van der Waals surface area contributed by atoms with E-state index < -0.39 is 0 Å². The summed E-state index contributed by atoms with van der Waals surface area (Å²) in [7, 11) is 0. The van der Waals surface area contributed by atoms with Crippen LogP contribution in [0.5, 0.6) is 0 Å². The fourth-order valence-electron chi connectivity index (χ4n) is 4.55. The second-order valence-electron chi connectivity index (χ2n) is 7.17. The summed E-state index contributed by atoms with van der Waals surface area (Å²) in [5, 5.41) is 0. The van der Waals surface area contributed by atoms with Crippen molar-refractivity contribution < 1.29 is 4.79 Å². The Morgan fingerprint density at radius 1 is 1.32 bits per heavy atom. The van der Waals surface area contributed by atoms with Gasteiger partial charge in [0, 0.05) is 17.8 Å². The highest BCUT2D eigenvalue weighted by atomic mass is 16.1. The molecular weight excluding hydrogens is 236 g/mol. The highest BCUT2D eigenvalue weighted by molar-refractivity contribution is 5.84. The fourth-order valence-corrected chi connectivity index (χ4v) is 4.55. The van der Waals surface area contributed by atoms with Crippen molar-refractivity contribution in [1.29, 1.82) is 0 Å². The molecule has 3 nitrogen and oxygen atoms in total. The van der Waals surface area contributed by atoms with Gasteiger partial charge in [-0.15, -0.1) is 0 Å². The third kappa shape index (κ3) is 2.60. The van der Waals surface area contributed by atoms with Crippen LogP contribution in [-0.2, 0) is 11.3 Å². The highest BCUT2D eigenvalue weighted by Gasteiger charge is 2.44. The third-order valence-electron chi connectivity index (χ3n) is 5.18. The standard InChI is InChI=1S/C16H24N2O/c1-12-5-13-7-14(6-12)9-16(2,8-13)15(19)10-18-4-3-17-11-18/h3-4,11-14H,5-10H2,1-2H3. The number of Topliss-reactive ketones (excluding diaryl/α,β-unsaturated/α-hetero) is 1. The van der Waals surface area contributed by atoms with Gasteiger partial charge in [0.25, 0.3) is 0 Å². The van der Waals surface area contributed by atoms with E-state index in [-0.39, 0.29) is 5.41 Å². The van der Waals surface area contributed by atoms with E-state index in [1.807, 2.05) is 10.8 Å². The molecule has 104 valence electrons. The molecule has 3 rings (SSSR count). The third-order valence-corrected chi connectivity index (χ3v) is 5.18. The van der Waals surface area contributed by atoms with Crippen LogP contribution in [0.4, 0.5) is 0 Å². The summed E-state index contributed by atoms with van der Waals surface area (Å²) in [4.78, 5) is 16.7. The van der Waals surface area contributed by atoms with Gasteiger partial charge in [0.05, 0.1) is 12.9 Å². The molecule has 0 N–H and O–H groups in total. The van der Waals surface area contributed by atoms with Crippen LogP contribution < -0.4 is 0 Å². The van der Waals surface area contributed by atoms with Gasteiger partial charge in [-0.05, 0) is 49.9 Å². The summed E-state index contributed by atoms with van der Waals surface area (Å²) >= 11 is 0. The number of aromatic nitrogens is 2. The molecule has 2 aliphatic rings. The molecule has 0 radical (unpaired) electrons. The Balaban J connectivity index is 1.71. The maximum atomic E-state index is 12.7. The van der Waals surface area contributed by atoms with Crippen LogP contribution in [0.1, 0.15) is 46.0 Å². The lowest BCUT2D eigenvalue weighted by atomic mass is 9.58. The Labute approximate surface area is 115 Å². The van der Waals surface area contributed by atoms with Gasteiger partial charge in [-0.1, -0.05) is 13.8 Å². The molecule has 2 bridgehead atoms. The number of rotatable bonds is 3. The summed E-state index contributed by atoms with van der Waals surface area (Å²) in [5.41, 5.74) is -0.0992. The molecule has 0 aromatic carbocycles. The zero-order valence-electron chi connectivity index (χ0n) is 12.0. The van der Waals surface area contributed by atoms with Crippen LogP contribution in [0, 0.1) is 23.2 Å². The molecule has 2 aliphatic carbocycles. The lowest BCUT2D eigenvalue weighted by Gasteiger charge is -2.46. The minimum atomic E-state index is -0.0992. The van der Waals surface area contributed by atoms with E-state index in [0.717, 1.165) is 30.6 Å². The summed E-state index contributed by atoms with van der Waals surface area (Å²) < 4.78 is 1.90. The minimum Gasteiger partial charge on any atom is -0.330 e. The molecule has 2 atom stereocenters. The molecule has 0 amide bonds. The van der Waals surface area contributed by atoms with Crippen molar-refractivity contribution in [3.8, 4) is 0 Å². The summed E-state index contributed by atoms with van der Waals surface area (Å²) in [6, 6.07) is 0. The first kappa shape index (κ1) is 12.9. The first-order valence-electron chi connectivity index (χ1n) is 7.54. The number of hydrogen-bond acceptors (Lipinski definition) is 2. The van der Waals surface area contributed by atoms with Gasteiger partial charge < -0.3 is 4.57 Å². The summed E-state index contributed by atoms with van der Waals surface area (Å²) in [6.07, 6.45) is 11.6. The molecule has 0 spiro atoms. The molecule has 2 fully saturated rings. The summed E-state index contributed by atoms with van der Waals surface area (Å²) in [5.74, 6) is 2.81. The van der Waals surface area contributed by atoms with Crippen molar-refractivity contribution in [1.82, 2.24) is 9.55 Å². The fraction of sp³-hybridized carbons (Fsp3) is 0.750. The molecule has 1 aromatic heterocycles. The van der Waals surface area contributed by atoms with E-state index in [4.69, 9.17) is 0 Å². The number of hydrogen-bond donors (Lipinski definition) is 0. The van der Waals surface area contributed by atoms with Gasteiger partial charge in [-0.2, -0.15) is 0 Å². The van der Waals surface area contributed by atoms with Crippen molar-refractivity contribution in [2.75, 3.05) is 0 Å². The second-order valence-corrected chi connectivity index (χ2v) is 7.17. The number of ketones is 1. The van der Waals surface area contributed by atoms with E-state index in [2.05, 4.69) is 18.8 Å². The second kappa shape index (κ2) is 4.77. The molecule has 0 aliphatic heterocycles. The molecule has 2 unspecified atom stereocenters. The van der Waals surface area contributed by atoms with E-state index in [1.165, 1.54) is 19.3 Å². The van der Waals surface area contributed by atoms with Gasteiger partial charge in [-0.3, -0.25) is 4.79 Å². The normalized spacial score (nSPS) is 38.1. The van der Waals surface area contributed by atoms with Gasteiger partial charge >= 0.3 is 0 Å². The predicted octanol–water partition coefficient (Wildman–Crippen LogP) is 3.30. The van der Waals surface area contributed by atoms with Crippen LogP contribution in [0.2, 0.25) is 0 Å². The molecule has 2 saturated carbocycles. The van der Waals surface area contributed by atoms with Gasteiger partial charge in [-0.25, -0.2) is 4.98 Å². The molecule has 1 heterocycles. The zero-order chi connectivity index (χ0) is 13.5. The van der Waals surface area contributed by atoms with Crippen LogP contribution >= 0.6 is 0 Å². The maximum Gasteiger partial charge on any atom is 0.158 e. The average Bonchev–Trinajstić information content (AvgIpc) is 2.79. The predicted molar refractivity (Wildman–Crippen MR) is 74.6 cm³/mol. The van der Waals surface area contributed by atoms with Gasteiger partial charge in [0.15, 0.2) is 5.78 Å². The van der Waals surface area contributed by atoms with E-state index in [1.54, 1.807) is 12.5 Å². The number of imidazole rings is 1. The van der Waals surface area contributed by atoms with Gasteiger partial charge in [0.2, 0.25) is 0 Å². The molecular formula is C16H24N2O. The van der Waals surface area contributed by atoms with Crippen molar-refractivity contribution >= 4 is 5.78 Å². The Morgan fingerprint density at radius 2 is 2.00 bits per heavy atom. The monoisotopic (exact) mass is 260 g/mol. The highest BCUT2D eigenvalue weighted by Crippen LogP contribution is 2.50. The molecule has 0 saturated heterocycles. The number of nitrogens with zero attached hydrogens (tertiary/aromatic N) is 2. The van der Waals surface area contributed by atoms with E-state index in [0.29, 0.717) is 12.3 Å². The Morgan fingerprint density at radius 3 is 2.58 bits per heavy atom. The lowest BCUT2D eigenvalue weighted by Crippen LogP contribution is -2.42. The van der Waals surface area contributed by atoms with Gasteiger partial charge in [0.1, 0.15) is 0 Å². The summed E-state index contributed by atoms with van der Waals surface area (Å²) in [6.45, 7) is 5.06. The largest absolute Gasteiger partial charge is 0.330 e. The van der Waals surface area contributed by atoms with Crippen molar-refractivity contribution in [3.05, 3.63) is 18.7 Å². The number of fused-ring (bicyclic) bond motifs is 2. The van der Waals surface area contributed by atoms with Crippen LogP contribution in [0.3, 0.4) is 0 Å². The maximum absolute atomic E-state index is 12.7. The Kier molecular flexibility index (Phi) is 3.23.